The van der Waals surface area contributed by atoms with Crippen molar-refractivity contribution in [1.29, 1.82) is 0 Å². The van der Waals surface area contributed by atoms with E-state index in [2.05, 4.69) is 17.6 Å². The van der Waals surface area contributed by atoms with Gasteiger partial charge in [-0.1, -0.05) is 6.92 Å². The smallest absolute Gasteiger partial charge is 0.231 e. The van der Waals surface area contributed by atoms with Gasteiger partial charge in [-0.25, -0.2) is 0 Å². The molecule has 2 aliphatic rings. The maximum absolute atomic E-state index is 11.7. The van der Waals surface area contributed by atoms with E-state index in [4.69, 9.17) is 14.2 Å². The molecule has 2 unspecified atom stereocenters. The predicted octanol–water partition coefficient (Wildman–Crippen LogP) is 1.07. The molecule has 7 nitrogen and oxygen atoms in total. The minimum absolute atomic E-state index is 0.0569. The Labute approximate surface area is 140 Å². The molecule has 0 spiro atoms. The van der Waals surface area contributed by atoms with Gasteiger partial charge in [-0.3, -0.25) is 9.59 Å². The van der Waals surface area contributed by atoms with Crippen LogP contribution in [0.1, 0.15) is 19.8 Å². The molecule has 7 heteroatoms. The summed E-state index contributed by atoms with van der Waals surface area (Å²) in [6.45, 7) is 3.41. The lowest BCUT2D eigenvalue weighted by molar-refractivity contribution is -0.123. The second-order valence-corrected chi connectivity index (χ2v) is 6.07. The second kappa shape index (κ2) is 7.42. The third-order valence-corrected chi connectivity index (χ3v) is 4.13. The molecule has 1 saturated carbocycles. The Hall–Kier alpha value is -2.44. The van der Waals surface area contributed by atoms with Crippen molar-refractivity contribution in [3.63, 3.8) is 0 Å². The maximum atomic E-state index is 11.7. The second-order valence-electron chi connectivity index (χ2n) is 6.07. The van der Waals surface area contributed by atoms with Crippen LogP contribution >= 0.6 is 0 Å². The third kappa shape index (κ3) is 4.31. The summed E-state index contributed by atoms with van der Waals surface area (Å²) in [4.78, 5) is 23.3. The molecular formula is C17H22N2O5. The Morgan fingerprint density at radius 2 is 2.00 bits per heavy atom. The topological polar surface area (TPSA) is 85.9 Å². The Balaban J connectivity index is 1.26. The van der Waals surface area contributed by atoms with Gasteiger partial charge < -0.3 is 24.8 Å². The molecule has 1 aromatic carbocycles. The fourth-order valence-corrected chi connectivity index (χ4v) is 2.53. The van der Waals surface area contributed by atoms with Crippen LogP contribution in [0.25, 0.3) is 0 Å². The summed E-state index contributed by atoms with van der Waals surface area (Å²) >= 11 is 0. The van der Waals surface area contributed by atoms with Crippen molar-refractivity contribution in [3.05, 3.63) is 18.2 Å². The van der Waals surface area contributed by atoms with E-state index in [9.17, 15) is 9.59 Å². The Bertz CT molecular complexity index is 619. The Morgan fingerprint density at radius 3 is 2.79 bits per heavy atom. The van der Waals surface area contributed by atoms with E-state index in [0.717, 1.165) is 6.42 Å². The monoisotopic (exact) mass is 334 g/mol. The molecule has 2 amide bonds. The highest BCUT2D eigenvalue weighted by atomic mass is 16.7. The quantitative estimate of drug-likeness (QED) is 0.695. The summed E-state index contributed by atoms with van der Waals surface area (Å²) in [7, 11) is 0. The minimum atomic E-state index is -0.103. The van der Waals surface area contributed by atoms with Gasteiger partial charge in [0.05, 0.1) is 6.54 Å². The fraction of sp³-hybridized carbons (Fsp3) is 0.529. The number of amides is 2. The maximum Gasteiger partial charge on any atom is 0.231 e. The number of hydrogen-bond donors (Lipinski definition) is 2. The molecule has 1 aliphatic carbocycles. The van der Waals surface area contributed by atoms with Crippen molar-refractivity contribution < 1.29 is 23.8 Å². The SMILES string of the molecule is CC1CC1C(=O)NCCC(=O)NCCOc1ccc2c(c1)OCO2. The summed E-state index contributed by atoms with van der Waals surface area (Å²) in [6.07, 6.45) is 1.23. The first-order chi connectivity index (χ1) is 11.6. The summed E-state index contributed by atoms with van der Waals surface area (Å²) in [6, 6.07) is 5.35. The van der Waals surface area contributed by atoms with Crippen molar-refractivity contribution in [2.24, 2.45) is 11.8 Å². The molecular weight excluding hydrogens is 312 g/mol. The van der Waals surface area contributed by atoms with Crippen molar-refractivity contribution in [3.8, 4) is 17.2 Å². The van der Waals surface area contributed by atoms with Gasteiger partial charge in [-0.05, 0) is 24.5 Å². The van der Waals surface area contributed by atoms with Crippen molar-refractivity contribution >= 4 is 11.8 Å². The van der Waals surface area contributed by atoms with Crippen LogP contribution in [0.3, 0.4) is 0 Å². The molecule has 130 valence electrons. The van der Waals surface area contributed by atoms with Crippen LogP contribution in [0.2, 0.25) is 0 Å². The van der Waals surface area contributed by atoms with Crippen LogP contribution < -0.4 is 24.8 Å². The average Bonchev–Trinajstić information content (AvgIpc) is 3.12. The van der Waals surface area contributed by atoms with Crippen LogP contribution in [-0.4, -0.2) is 38.3 Å². The first-order valence-corrected chi connectivity index (χ1v) is 8.20. The molecule has 0 aromatic heterocycles. The summed E-state index contributed by atoms with van der Waals surface area (Å²) < 4.78 is 16.0. The van der Waals surface area contributed by atoms with Gasteiger partial charge in [0.25, 0.3) is 0 Å². The molecule has 1 aromatic rings. The van der Waals surface area contributed by atoms with E-state index in [1.54, 1.807) is 18.2 Å². The molecule has 1 heterocycles. The lowest BCUT2D eigenvalue weighted by atomic mass is 10.3. The lowest BCUT2D eigenvalue weighted by Crippen LogP contribution is -2.33. The largest absolute Gasteiger partial charge is 0.492 e. The number of nitrogens with one attached hydrogen (secondary N) is 2. The van der Waals surface area contributed by atoms with Gasteiger partial charge >= 0.3 is 0 Å². The lowest BCUT2D eigenvalue weighted by Gasteiger charge is -2.09. The number of ether oxygens (including phenoxy) is 3. The van der Waals surface area contributed by atoms with Gasteiger partial charge in [-0.15, -0.1) is 0 Å². The fourth-order valence-electron chi connectivity index (χ4n) is 2.53. The molecule has 0 saturated heterocycles. The highest BCUT2D eigenvalue weighted by Crippen LogP contribution is 2.37. The normalized spacial score (nSPS) is 20.4. The van der Waals surface area contributed by atoms with Crippen molar-refractivity contribution in [2.45, 2.75) is 19.8 Å². The van der Waals surface area contributed by atoms with Crippen LogP contribution in [-0.2, 0) is 9.59 Å². The van der Waals surface area contributed by atoms with Gasteiger partial charge in [0, 0.05) is 24.9 Å². The van der Waals surface area contributed by atoms with Gasteiger partial charge in [0.15, 0.2) is 11.5 Å². The highest BCUT2D eigenvalue weighted by Gasteiger charge is 2.38. The number of hydrogen-bond acceptors (Lipinski definition) is 5. The van der Waals surface area contributed by atoms with E-state index in [1.807, 2.05) is 0 Å². The van der Waals surface area contributed by atoms with E-state index < -0.39 is 0 Å². The number of fused-ring (bicyclic) bond motifs is 1. The summed E-state index contributed by atoms with van der Waals surface area (Å²) in [5.41, 5.74) is 0. The number of carbonyl (C=O) groups is 2. The Kier molecular flexibility index (Phi) is 5.08. The molecule has 3 rings (SSSR count). The molecule has 24 heavy (non-hydrogen) atoms. The van der Waals surface area contributed by atoms with Gasteiger partial charge in [-0.2, -0.15) is 0 Å². The summed E-state index contributed by atoms with van der Waals surface area (Å²) in [5, 5.41) is 5.55. The van der Waals surface area contributed by atoms with Crippen molar-refractivity contribution in [1.82, 2.24) is 10.6 Å². The standard InChI is InChI=1S/C17H22N2O5/c1-11-8-13(11)17(21)19-5-4-16(20)18-6-7-22-12-2-3-14-15(9-12)24-10-23-14/h2-3,9,11,13H,4-8,10H2,1H3,(H,18,20)(H,19,21). The molecule has 2 atom stereocenters. The number of benzene rings is 1. The van der Waals surface area contributed by atoms with Crippen molar-refractivity contribution in [2.75, 3.05) is 26.5 Å². The van der Waals surface area contributed by atoms with E-state index in [1.165, 1.54) is 0 Å². The summed E-state index contributed by atoms with van der Waals surface area (Å²) in [5.74, 6) is 2.61. The zero-order valence-electron chi connectivity index (χ0n) is 13.7. The van der Waals surface area contributed by atoms with Crippen LogP contribution in [0.4, 0.5) is 0 Å². The molecule has 1 fully saturated rings. The molecule has 0 radical (unpaired) electrons. The zero-order chi connectivity index (χ0) is 16.9. The van der Waals surface area contributed by atoms with Crippen LogP contribution in [0, 0.1) is 11.8 Å². The first kappa shape index (κ1) is 16.4. The highest BCUT2D eigenvalue weighted by molar-refractivity contribution is 5.82. The van der Waals surface area contributed by atoms with E-state index in [0.29, 0.717) is 42.9 Å². The molecule has 1 aliphatic heterocycles. The van der Waals surface area contributed by atoms with Gasteiger partial charge in [0.1, 0.15) is 12.4 Å². The van der Waals surface area contributed by atoms with Crippen LogP contribution in [0.5, 0.6) is 17.2 Å². The Morgan fingerprint density at radius 1 is 1.21 bits per heavy atom. The zero-order valence-corrected chi connectivity index (χ0v) is 13.7. The van der Waals surface area contributed by atoms with Crippen LogP contribution in [0.15, 0.2) is 18.2 Å². The number of carbonyl (C=O) groups excluding carboxylic acids is 2. The predicted molar refractivity (Wildman–Crippen MR) is 86.0 cm³/mol. The molecule has 2 N–H and O–H groups in total. The van der Waals surface area contributed by atoms with E-state index >= 15 is 0 Å². The average molecular weight is 334 g/mol. The molecule has 0 bridgehead atoms. The van der Waals surface area contributed by atoms with Gasteiger partial charge in [0.2, 0.25) is 18.6 Å². The minimum Gasteiger partial charge on any atom is -0.492 e. The first-order valence-electron chi connectivity index (χ1n) is 8.20. The van der Waals surface area contributed by atoms with E-state index in [-0.39, 0.29) is 30.9 Å². The third-order valence-electron chi connectivity index (χ3n) is 4.13. The number of rotatable bonds is 8.